The van der Waals surface area contributed by atoms with Crippen LogP contribution in [0.15, 0.2) is 58.2 Å². The summed E-state index contributed by atoms with van der Waals surface area (Å²) in [6, 6.07) is 13.3. The van der Waals surface area contributed by atoms with Gasteiger partial charge in [-0.3, -0.25) is 9.36 Å². The van der Waals surface area contributed by atoms with Crippen molar-refractivity contribution in [3.8, 4) is 0 Å². The molecule has 1 aromatic heterocycles. The van der Waals surface area contributed by atoms with Gasteiger partial charge in [-0.25, -0.2) is 13.4 Å². The minimum atomic E-state index is -3.60. The number of fused-ring (bicyclic) bond motifs is 2. The molecule has 168 valence electrons. The Bertz CT molecular complexity index is 1340. The average Bonchev–Trinajstić information content (AvgIpc) is 3.46. The molecule has 1 aliphatic carbocycles. The van der Waals surface area contributed by atoms with Crippen molar-refractivity contribution in [2.75, 3.05) is 13.1 Å². The Morgan fingerprint density at radius 3 is 2.66 bits per heavy atom. The van der Waals surface area contributed by atoms with E-state index in [1.807, 2.05) is 25.1 Å². The van der Waals surface area contributed by atoms with Crippen LogP contribution < -0.4 is 10.9 Å². The van der Waals surface area contributed by atoms with E-state index in [9.17, 15) is 13.2 Å². The van der Waals surface area contributed by atoms with Crippen molar-refractivity contribution in [3.63, 3.8) is 0 Å². The molecule has 2 fully saturated rings. The molecule has 1 N–H and O–H groups in total. The normalized spacial score (nSPS) is 23.9. The van der Waals surface area contributed by atoms with E-state index < -0.39 is 10.0 Å². The minimum absolute atomic E-state index is 0.0886. The number of halogens is 1. The van der Waals surface area contributed by atoms with Gasteiger partial charge in [0.15, 0.2) is 0 Å². The molecule has 5 rings (SSSR count). The van der Waals surface area contributed by atoms with Gasteiger partial charge in [-0.2, -0.15) is 4.31 Å². The molecular weight excluding hydrogens is 448 g/mol. The van der Waals surface area contributed by atoms with Crippen LogP contribution in [0.4, 0.5) is 0 Å². The molecule has 32 heavy (non-hydrogen) atoms. The monoisotopic (exact) mass is 472 g/mol. The predicted molar refractivity (Wildman–Crippen MR) is 124 cm³/mol. The maximum Gasteiger partial charge on any atom is 0.261 e. The molecule has 9 heteroatoms. The summed E-state index contributed by atoms with van der Waals surface area (Å²) in [6.45, 7) is 2.99. The van der Waals surface area contributed by atoms with Crippen LogP contribution in [-0.4, -0.2) is 41.4 Å². The molecule has 4 atom stereocenters. The van der Waals surface area contributed by atoms with Crippen LogP contribution in [0.25, 0.3) is 10.9 Å². The second kappa shape index (κ2) is 7.95. The highest BCUT2D eigenvalue weighted by Crippen LogP contribution is 2.51. The molecule has 1 aliphatic heterocycles. The number of hydrogen-bond donors (Lipinski definition) is 1. The Hall–Kier alpha value is -2.26. The molecule has 0 amide bonds. The molecule has 2 heterocycles. The number of nitrogens with one attached hydrogen (secondary N) is 1. The Morgan fingerprint density at radius 1 is 1.19 bits per heavy atom. The van der Waals surface area contributed by atoms with Gasteiger partial charge in [0.2, 0.25) is 10.0 Å². The summed E-state index contributed by atoms with van der Waals surface area (Å²) in [5.41, 5.74) is 0.573. The van der Waals surface area contributed by atoms with E-state index in [4.69, 9.17) is 11.6 Å². The van der Waals surface area contributed by atoms with Crippen LogP contribution in [0.3, 0.4) is 0 Å². The second-order valence-corrected chi connectivity index (χ2v) is 11.1. The van der Waals surface area contributed by atoms with Gasteiger partial charge in [0.1, 0.15) is 5.82 Å². The van der Waals surface area contributed by atoms with Crippen molar-refractivity contribution in [3.05, 3.63) is 69.7 Å². The molecule has 0 spiro atoms. The van der Waals surface area contributed by atoms with Crippen molar-refractivity contribution in [1.29, 1.82) is 0 Å². The van der Waals surface area contributed by atoms with Crippen LogP contribution in [0, 0.1) is 11.8 Å². The van der Waals surface area contributed by atoms with E-state index in [0.717, 1.165) is 6.42 Å². The third-order valence-corrected chi connectivity index (χ3v) is 8.87. The van der Waals surface area contributed by atoms with Crippen molar-refractivity contribution < 1.29 is 8.42 Å². The summed E-state index contributed by atoms with van der Waals surface area (Å²) in [5, 5.41) is 4.54. The quantitative estimate of drug-likeness (QED) is 0.596. The van der Waals surface area contributed by atoms with Gasteiger partial charge in [-0.1, -0.05) is 23.7 Å². The van der Waals surface area contributed by atoms with Gasteiger partial charge in [-0.05, 0) is 61.6 Å². The van der Waals surface area contributed by atoms with Gasteiger partial charge < -0.3 is 5.32 Å². The highest BCUT2D eigenvalue weighted by Gasteiger charge is 2.55. The van der Waals surface area contributed by atoms with Gasteiger partial charge in [0.25, 0.3) is 5.56 Å². The lowest BCUT2D eigenvalue weighted by Crippen LogP contribution is -2.45. The minimum Gasteiger partial charge on any atom is -0.306 e. The Balaban J connectivity index is 1.37. The predicted octanol–water partition coefficient (Wildman–Crippen LogP) is 2.95. The number of piperidine rings is 1. The summed E-state index contributed by atoms with van der Waals surface area (Å²) in [4.78, 5) is 17.7. The fourth-order valence-corrected chi connectivity index (χ4v) is 6.67. The highest BCUT2D eigenvalue weighted by atomic mass is 35.5. The van der Waals surface area contributed by atoms with Crippen LogP contribution in [0.1, 0.15) is 25.2 Å². The fraction of sp³-hybridized carbons (Fsp3) is 0.391. The zero-order valence-electron chi connectivity index (χ0n) is 17.9. The number of para-hydroxylation sites is 1. The fourth-order valence-electron chi connectivity index (χ4n) is 4.82. The summed E-state index contributed by atoms with van der Waals surface area (Å²) in [6.07, 6.45) is 1.06. The molecule has 0 bridgehead atoms. The van der Waals surface area contributed by atoms with Crippen LogP contribution in [-0.2, 0) is 17.1 Å². The first-order valence-electron chi connectivity index (χ1n) is 10.7. The molecule has 0 radical (unpaired) electrons. The lowest BCUT2D eigenvalue weighted by molar-refractivity contribution is 0.319. The number of aromatic nitrogens is 2. The van der Waals surface area contributed by atoms with Gasteiger partial charge >= 0.3 is 0 Å². The van der Waals surface area contributed by atoms with Crippen molar-refractivity contribution in [2.45, 2.75) is 30.3 Å². The summed E-state index contributed by atoms with van der Waals surface area (Å²) < 4.78 is 29.8. The third kappa shape index (κ3) is 3.65. The van der Waals surface area contributed by atoms with Crippen molar-refractivity contribution in [1.82, 2.24) is 19.2 Å². The van der Waals surface area contributed by atoms with E-state index in [1.165, 1.54) is 0 Å². The third-order valence-electron chi connectivity index (χ3n) is 6.71. The second-order valence-electron chi connectivity index (χ2n) is 8.74. The molecule has 2 aliphatic rings. The summed E-state index contributed by atoms with van der Waals surface area (Å²) in [5.74, 6) is 1.42. The van der Waals surface area contributed by atoms with E-state index in [2.05, 4.69) is 10.3 Å². The SMILES string of the molecule is CC(NCC1C2CC2CN1S(=O)(=O)c1ccc(Cl)cc1)c1nc2ccccc2c(=O)n1C. The van der Waals surface area contributed by atoms with Gasteiger partial charge in [0.05, 0.1) is 21.8 Å². The van der Waals surface area contributed by atoms with E-state index in [0.29, 0.717) is 46.7 Å². The Labute approximate surface area is 192 Å². The zero-order chi connectivity index (χ0) is 22.6. The van der Waals surface area contributed by atoms with Gasteiger partial charge in [0, 0.05) is 31.2 Å². The lowest BCUT2D eigenvalue weighted by atomic mass is 10.2. The highest BCUT2D eigenvalue weighted by molar-refractivity contribution is 7.89. The standard InChI is InChI=1S/C23H25ClN4O3S/c1-14(22-26-20-6-4-3-5-18(20)23(29)27(22)2)25-12-21-19-11-15(19)13-28(21)32(30,31)17-9-7-16(24)8-10-17/h3-10,14-15,19,21,25H,11-13H2,1-2H3. The molecule has 7 nitrogen and oxygen atoms in total. The van der Waals surface area contributed by atoms with E-state index in [1.54, 1.807) is 46.3 Å². The maximum atomic E-state index is 13.3. The first-order chi connectivity index (χ1) is 15.3. The number of sulfonamides is 1. The lowest BCUT2D eigenvalue weighted by Gasteiger charge is -2.28. The first kappa shape index (κ1) is 21.6. The largest absolute Gasteiger partial charge is 0.306 e. The first-order valence-corrected chi connectivity index (χ1v) is 12.6. The van der Waals surface area contributed by atoms with Crippen LogP contribution >= 0.6 is 11.6 Å². The molecule has 3 aromatic rings. The Morgan fingerprint density at radius 2 is 1.91 bits per heavy atom. The molecular formula is C23H25ClN4O3S. The number of nitrogens with zero attached hydrogens (tertiary/aromatic N) is 3. The van der Waals surface area contributed by atoms with Gasteiger partial charge in [-0.15, -0.1) is 0 Å². The summed E-state index contributed by atoms with van der Waals surface area (Å²) in [7, 11) is -1.88. The molecule has 1 saturated heterocycles. The Kier molecular flexibility index (Phi) is 5.36. The number of benzene rings is 2. The molecule has 2 aromatic carbocycles. The number of rotatable bonds is 6. The van der Waals surface area contributed by atoms with Crippen molar-refractivity contribution >= 4 is 32.5 Å². The summed E-state index contributed by atoms with van der Waals surface area (Å²) >= 11 is 5.93. The smallest absolute Gasteiger partial charge is 0.261 e. The molecule has 1 saturated carbocycles. The van der Waals surface area contributed by atoms with E-state index in [-0.39, 0.29) is 22.5 Å². The zero-order valence-corrected chi connectivity index (χ0v) is 19.5. The molecule has 4 unspecified atom stereocenters. The number of hydrogen-bond acceptors (Lipinski definition) is 5. The van der Waals surface area contributed by atoms with Crippen LogP contribution in [0.5, 0.6) is 0 Å². The maximum absolute atomic E-state index is 13.3. The van der Waals surface area contributed by atoms with Crippen molar-refractivity contribution in [2.24, 2.45) is 18.9 Å². The van der Waals surface area contributed by atoms with E-state index >= 15 is 0 Å². The average molecular weight is 473 g/mol. The topological polar surface area (TPSA) is 84.3 Å². The van der Waals surface area contributed by atoms with Crippen LogP contribution in [0.2, 0.25) is 5.02 Å².